The SMILES string of the molecule is Cc1cc(C)c(C(=O)O)cc1NC(=O)C1CC12CCS(=O)(=O)CC2. The second-order valence-electron chi connectivity index (χ2n) is 7.05. The number of benzene rings is 1. The van der Waals surface area contributed by atoms with Gasteiger partial charge in [0.15, 0.2) is 0 Å². The van der Waals surface area contributed by atoms with Crippen molar-refractivity contribution < 1.29 is 23.1 Å². The molecule has 6 nitrogen and oxygen atoms in total. The van der Waals surface area contributed by atoms with Gasteiger partial charge < -0.3 is 10.4 Å². The molecule has 1 aromatic rings. The van der Waals surface area contributed by atoms with Crippen LogP contribution in [0.3, 0.4) is 0 Å². The van der Waals surface area contributed by atoms with Crippen molar-refractivity contribution >= 4 is 27.4 Å². The van der Waals surface area contributed by atoms with Crippen LogP contribution in [-0.4, -0.2) is 36.9 Å². The van der Waals surface area contributed by atoms with Crippen LogP contribution in [-0.2, 0) is 14.6 Å². The van der Waals surface area contributed by atoms with E-state index in [1.807, 2.05) is 6.92 Å². The number of aryl methyl sites for hydroxylation is 2. The number of carbonyl (C=O) groups excluding carboxylic acids is 1. The summed E-state index contributed by atoms with van der Waals surface area (Å²) in [4.78, 5) is 23.8. The van der Waals surface area contributed by atoms with Crippen molar-refractivity contribution in [3.8, 4) is 0 Å². The van der Waals surface area contributed by atoms with Crippen LogP contribution < -0.4 is 5.32 Å². The molecule has 1 aromatic carbocycles. The molecule has 1 saturated carbocycles. The number of hydrogen-bond acceptors (Lipinski definition) is 4. The summed E-state index contributed by atoms with van der Waals surface area (Å²) < 4.78 is 23.1. The van der Waals surface area contributed by atoms with Gasteiger partial charge in [0.2, 0.25) is 5.91 Å². The molecule has 1 unspecified atom stereocenters. The number of carboxylic acid groups (broad SMARTS) is 1. The van der Waals surface area contributed by atoms with E-state index in [4.69, 9.17) is 0 Å². The average molecular weight is 351 g/mol. The molecule has 2 N–H and O–H groups in total. The molecule has 0 aromatic heterocycles. The third kappa shape index (κ3) is 3.05. The normalized spacial score (nSPS) is 23.7. The molecule has 1 aliphatic heterocycles. The zero-order valence-corrected chi connectivity index (χ0v) is 14.6. The van der Waals surface area contributed by atoms with Gasteiger partial charge in [-0.3, -0.25) is 4.79 Å². The largest absolute Gasteiger partial charge is 0.478 e. The zero-order valence-electron chi connectivity index (χ0n) is 13.8. The van der Waals surface area contributed by atoms with Gasteiger partial charge in [-0.25, -0.2) is 13.2 Å². The Bertz CT molecular complexity index is 814. The Morgan fingerprint density at radius 3 is 2.38 bits per heavy atom. The molecule has 7 heteroatoms. The summed E-state index contributed by atoms with van der Waals surface area (Å²) in [6, 6.07) is 3.24. The highest BCUT2D eigenvalue weighted by Gasteiger charge is 2.59. The van der Waals surface area contributed by atoms with E-state index in [0.717, 1.165) is 5.56 Å². The lowest BCUT2D eigenvalue weighted by molar-refractivity contribution is -0.118. The second kappa shape index (κ2) is 5.58. The van der Waals surface area contributed by atoms with Crippen LogP contribution in [0.5, 0.6) is 0 Å². The smallest absolute Gasteiger partial charge is 0.336 e. The summed E-state index contributed by atoms with van der Waals surface area (Å²) in [5.74, 6) is -1.03. The maximum Gasteiger partial charge on any atom is 0.336 e. The predicted molar refractivity (Wildman–Crippen MR) is 89.9 cm³/mol. The molecular weight excluding hydrogens is 330 g/mol. The van der Waals surface area contributed by atoms with Crippen molar-refractivity contribution in [2.24, 2.45) is 11.3 Å². The molecular formula is C17H21NO5S. The fourth-order valence-electron chi connectivity index (χ4n) is 3.65. The van der Waals surface area contributed by atoms with Crippen molar-refractivity contribution in [1.82, 2.24) is 0 Å². The summed E-state index contributed by atoms with van der Waals surface area (Å²) in [6.07, 6.45) is 1.80. The summed E-state index contributed by atoms with van der Waals surface area (Å²) >= 11 is 0. The van der Waals surface area contributed by atoms with Crippen LogP contribution in [0.15, 0.2) is 12.1 Å². The highest BCUT2D eigenvalue weighted by Crippen LogP contribution is 2.60. The Morgan fingerprint density at radius 2 is 1.79 bits per heavy atom. The quantitative estimate of drug-likeness (QED) is 0.869. The van der Waals surface area contributed by atoms with Crippen LogP contribution in [0, 0.1) is 25.2 Å². The monoisotopic (exact) mass is 351 g/mol. The lowest BCUT2D eigenvalue weighted by atomic mass is 9.96. The van der Waals surface area contributed by atoms with Gasteiger partial charge in [0, 0.05) is 11.6 Å². The lowest BCUT2D eigenvalue weighted by Crippen LogP contribution is -2.28. The molecule has 1 atom stereocenters. The minimum atomic E-state index is -2.95. The molecule has 2 aliphatic rings. The number of aromatic carboxylic acids is 1. The minimum Gasteiger partial charge on any atom is -0.478 e. The topological polar surface area (TPSA) is 101 Å². The second-order valence-corrected chi connectivity index (χ2v) is 9.35. The first-order valence-corrected chi connectivity index (χ1v) is 9.81. The van der Waals surface area contributed by atoms with E-state index in [0.29, 0.717) is 30.5 Å². The highest BCUT2D eigenvalue weighted by molar-refractivity contribution is 7.91. The molecule has 1 amide bonds. The Balaban J connectivity index is 1.73. The van der Waals surface area contributed by atoms with E-state index in [-0.39, 0.29) is 34.3 Å². The van der Waals surface area contributed by atoms with Crippen LogP contribution in [0.4, 0.5) is 5.69 Å². The van der Waals surface area contributed by atoms with E-state index >= 15 is 0 Å². The number of sulfone groups is 1. The first kappa shape index (κ1) is 17.0. The number of hydrogen-bond donors (Lipinski definition) is 2. The van der Waals surface area contributed by atoms with Crippen LogP contribution in [0.25, 0.3) is 0 Å². The Hall–Kier alpha value is -1.89. The summed E-state index contributed by atoms with van der Waals surface area (Å²) in [5, 5.41) is 12.1. The Labute approximate surface area is 141 Å². The van der Waals surface area contributed by atoms with Crippen LogP contribution in [0.1, 0.15) is 40.7 Å². The molecule has 2 fully saturated rings. The average Bonchev–Trinajstić information content (AvgIpc) is 3.20. The molecule has 0 radical (unpaired) electrons. The highest BCUT2D eigenvalue weighted by atomic mass is 32.2. The van der Waals surface area contributed by atoms with Gasteiger partial charge in [0.1, 0.15) is 9.84 Å². The van der Waals surface area contributed by atoms with Crippen LogP contribution >= 0.6 is 0 Å². The van der Waals surface area contributed by atoms with Crippen molar-refractivity contribution in [3.63, 3.8) is 0 Å². The fraction of sp³-hybridized carbons (Fsp3) is 0.529. The fourth-order valence-corrected chi connectivity index (χ4v) is 5.29. The van der Waals surface area contributed by atoms with E-state index in [9.17, 15) is 23.1 Å². The number of anilines is 1. The molecule has 1 heterocycles. The number of nitrogens with one attached hydrogen (secondary N) is 1. The summed E-state index contributed by atoms with van der Waals surface area (Å²) in [7, 11) is -2.95. The number of amides is 1. The molecule has 1 aliphatic carbocycles. The van der Waals surface area contributed by atoms with Crippen molar-refractivity contribution in [1.29, 1.82) is 0 Å². The van der Waals surface area contributed by atoms with Gasteiger partial charge in [-0.1, -0.05) is 6.07 Å². The molecule has 3 rings (SSSR count). The van der Waals surface area contributed by atoms with Gasteiger partial charge in [0.05, 0.1) is 17.1 Å². The molecule has 1 saturated heterocycles. The van der Waals surface area contributed by atoms with Crippen molar-refractivity contribution in [2.75, 3.05) is 16.8 Å². The molecule has 130 valence electrons. The van der Waals surface area contributed by atoms with Crippen molar-refractivity contribution in [2.45, 2.75) is 33.1 Å². The van der Waals surface area contributed by atoms with Gasteiger partial charge in [-0.05, 0) is 55.7 Å². The lowest BCUT2D eigenvalue weighted by Gasteiger charge is -2.22. The van der Waals surface area contributed by atoms with E-state index in [2.05, 4.69) is 5.32 Å². The maximum absolute atomic E-state index is 12.5. The van der Waals surface area contributed by atoms with E-state index < -0.39 is 15.8 Å². The van der Waals surface area contributed by atoms with E-state index in [1.54, 1.807) is 13.0 Å². The zero-order chi connectivity index (χ0) is 17.7. The molecule has 0 bridgehead atoms. The van der Waals surface area contributed by atoms with Crippen LogP contribution in [0.2, 0.25) is 0 Å². The summed E-state index contributed by atoms with van der Waals surface area (Å²) in [6.45, 7) is 3.55. The molecule has 24 heavy (non-hydrogen) atoms. The number of carbonyl (C=O) groups is 2. The molecule has 1 spiro atoms. The number of carboxylic acids is 1. The van der Waals surface area contributed by atoms with Gasteiger partial charge in [-0.15, -0.1) is 0 Å². The summed E-state index contributed by atoms with van der Waals surface area (Å²) in [5.41, 5.74) is 1.97. The Kier molecular flexibility index (Phi) is 3.94. The van der Waals surface area contributed by atoms with E-state index in [1.165, 1.54) is 6.07 Å². The Morgan fingerprint density at radius 1 is 1.17 bits per heavy atom. The maximum atomic E-state index is 12.5. The minimum absolute atomic E-state index is 0.141. The van der Waals surface area contributed by atoms with Crippen molar-refractivity contribution in [3.05, 3.63) is 28.8 Å². The standard InChI is InChI=1S/C17H21NO5S/c1-10-7-11(2)14(8-12(10)16(20)21)18-15(19)13-9-17(13)3-5-24(22,23)6-4-17/h7-8,13H,3-6,9H2,1-2H3,(H,18,19)(H,20,21). The van der Waals surface area contributed by atoms with Gasteiger partial charge >= 0.3 is 5.97 Å². The first-order chi connectivity index (χ1) is 11.1. The first-order valence-electron chi connectivity index (χ1n) is 7.99. The van der Waals surface area contributed by atoms with Gasteiger partial charge in [0.25, 0.3) is 0 Å². The number of rotatable bonds is 3. The third-order valence-electron chi connectivity index (χ3n) is 5.39. The predicted octanol–water partition coefficient (Wildman–Crippen LogP) is 2.16. The van der Waals surface area contributed by atoms with Gasteiger partial charge in [-0.2, -0.15) is 0 Å². The third-order valence-corrected chi connectivity index (χ3v) is 7.04.